The molecule has 0 fully saturated rings. The summed E-state index contributed by atoms with van der Waals surface area (Å²) in [6, 6.07) is 13.8. The number of nitriles is 1. The molecule has 1 aliphatic carbocycles. The van der Waals surface area contributed by atoms with Crippen LogP contribution in [0.15, 0.2) is 42.6 Å². The Morgan fingerprint density at radius 3 is 2.71 bits per heavy atom. The van der Waals surface area contributed by atoms with Crippen molar-refractivity contribution in [2.75, 3.05) is 0 Å². The third-order valence-electron chi connectivity index (χ3n) is 5.96. The molecule has 2 aromatic carbocycles. The van der Waals surface area contributed by atoms with Crippen molar-refractivity contribution >= 4 is 17.4 Å². The first-order chi connectivity index (χ1) is 16.1. The highest BCUT2D eigenvalue weighted by molar-refractivity contribution is 7.18. The van der Waals surface area contributed by atoms with Crippen LogP contribution in [0.5, 0.6) is 5.75 Å². The van der Waals surface area contributed by atoms with E-state index in [0.717, 1.165) is 39.4 Å². The lowest BCUT2D eigenvalue weighted by atomic mass is 9.98. The van der Waals surface area contributed by atoms with E-state index in [1.807, 2.05) is 71.1 Å². The average molecular weight is 476 g/mol. The molecule has 1 aliphatic rings. The van der Waals surface area contributed by atoms with Crippen molar-refractivity contribution in [2.45, 2.75) is 65.1 Å². The second-order valence-corrected chi connectivity index (χ2v) is 10.8. The van der Waals surface area contributed by atoms with Crippen LogP contribution < -0.4 is 4.74 Å². The highest BCUT2D eigenvalue weighted by atomic mass is 32.1. The van der Waals surface area contributed by atoms with Gasteiger partial charge < -0.3 is 9.84 Å². The van der Waals surface area contributed by atoms with Gasteiger partial charge in [0.25, 0.3) is 0 Å². The zero-order valence-corrected chi connectivity index (χ0v) is 20.9. The van der Waals surface area contributed by atoms with Gasteiger partial charge in [-0.3, -0.25) is 4.90 Å². The minimum absolute atomic E-state index is 0.00714. The fraction of sp³-hybridized carbons (Fsp3) is 0.370. The smallest absolute Gasteiger partial charge is 0.408 e. The van der Waals surface area contributed by atoms with Gasteiger partial charge in [-0.2, -0.15) is 5.26 Å². The Morgan fingerprint density at radius 2 is 2.06 bits per heavy atom. The number of hydrogen-bond acceptors (Lipinski definition) is 5. The molecule has 0 unspecified atom stereocenters. The van der Waals surface area contributed by atoms with Gasteiger partial charge in [0, 0.05) is 17.3 Å². The van der Waals surface area contributed by atoms with Gasteiger partial charge in [0.2, 0.25) is 0 Å². The van der Waals surface area contributed by atoms with E-state index in [4.69, 9.17) is 9.72 Å². The van der Waals surface area contributed by atoms with Gasteiger partial charge in [-0.1, -0.05) is 18.2 Å². The first-order valence-corrected chi connectivity index (χ1v) is 12.2. The normalized spacial score (nSPS) is 15.1. The molecule has 0 spiro atoms. The van der Waals surface area contributed by atoms with E-state index in [9.17, 15) is 15.2 Å². The van der Waals surface area contributed by atoms with E-state index in [-0.39, 0.29) is 12.1 Å². The summed E-state index contributed by atoms with van der Waals surface area (Å²) in [6.07, 6.45) is 2.50. The number of ether oxygens (including phenoxy) is 1. The van der Waals surface area contributed by atoms with E-state index >= 15 is 0 Å². The molecule has 6 nitrogen and oxygen atoms in total. The third kappa shape index (κ3) is 4.51. The van der Waals surface area contributed by atoms with Crippen molar-refractivity contribution in [3.05, 3.63) is 59.3 Å². The van der Waals surface area contributed by atoms with Crippen molar-refractivity contribution in [1.29, 1.82) is 5.26 Å². The number of carbonyl (C=O) groups is 1. The van der Waals surface area contributed by atoms with Gasteiger partial charge in [-0.15, -0.1) is 11.3 Å². The molecule has 0 bridgehead atoms. The fourth-order valence-electron chi connectivity index (χ4n) is 4.65. The minimum Gasteiger partial charge on any atom is -0.490 e. The first-order valence-electron chi connectivity index (χ1n) is 11.4. The lowest BCUT2D eigenvalue weighted by Gasteiger charge is -2.38. The molecule has 0 saturated heterocycles. The Kier molecular flexibility index (Phi) is 6.37. The zero-order valence-electron chi connectivity index (χ0n) is 20.1. The van der Waals surface area contributed by atoms with Crippen LogP contribution in [0.4, 0.5) is 4.79 Å². The Morgan fingerprint density at radius 1 is 1.29 bits per heavy atom. The molecule has 1 amide bonds. The van der Waals surface area contributed by atoms with Crippen molar-refractivity contribution in [3.63, 3.8) is 0 Å². The molecule has 3 aromatic rings. The van der Waals surface area contributed by atoms with Crippen molar-refractivity contribution in [3.8, 4) is 32.8 Å². The number of nitrogens with zero attached hydrogens (tertiary/aromatic N) is 3. The lowest BCUT2D eigenvalue weighted by molar-refractivity contribution is 0.0701. The Bertz CT molecular complexity index is 1270. The second kappa shape index (κ2) is 9.11. The molecular formula is C27H29N3O3S. The maximum Gasteiger partial charge on any atom is 0.408 e. The van der Waals surface area contributed by atoms with Crippen LogP contribution in [0.2, 0.25) is 0 Å². The lowest BCUT2D eigenvalue weighted by Crippen LogP contribution is -2.46. The predicted molar refractivity (Wildman–Crippen MR) is 134 cm³/mol. The highest BCUT2D eigenvalue weighted by Gasteiger charge is 2.38. The average Bonchev–Trinajstić information content (AvgIpc) is 3.40. The molecule has 1 N–H and O–H groups in total. The molecule has 0 radical (unpaired) electrons. The van der Waals surface area contributed by atoms with Gasteiger partial charge in [0.05, 0.1) is 22.6 Å². The van der Waals surface area contributed by atoms with Gasteiger partial charge in [0.1, 0.15) is 16.8 Å². The van der Waals surface area contributed by atoms with E-state index in [0.29, 0.717) is 11.3 Å². The fourth-order valence-corrected chi connectivity index (χ4v) is 5.61. The molecule has 0 saturated carbocycles. The van der Waals surface area contributed by atoms with Crippen LogP contribution in [0, 0.1) is 11.3 Å². The molecule has 1 heterocycles. The SMILES string of the molecule is CC(C)Oc1ccc(-c2cnc(-c3cccc4c3CC[C@@H]4N(C(=O)O)C(C)(C)C)s2)cc1C#N. The molecule has 34 heavy (non-hydrogen) atoms. The number of rotatable bonds is 5. The minimum atomic E-state index is -0.898. The summed E-state index contributed by atoms with van der Waals surface area (Å²) in [5, 5.41) is 20.4. The molecule has 0 aliphatic heterocycles. The standard InChI is InChI=1S/C27H29N3O3S/c1-16(2)33-23-12-9-17(13-18(23)14-28)24-15-29-25(34-24)21-8-6-7-20-19(21)10-11-22(20)30(26(31)32)27(3,4)5/h6-9,12-13,15-16,22H,10-11H2,1-5H3,(H,31,32)/t22-/m0/s1. The largest absolute Gasteiger partial charge is 0.490 e. The van der Waals surface area contributed by atoms with E-state index in [1.165, 1.54) is 5.56 Å². The summed E-state index contributed by atoms with van der Waals surface area (Å²) in [5.41, 5.74) is 4.21. The summed E-state index contributed by atoms with van der Waals surface area (Å²) < 4.78 is 5.74. The number of amides is 1. The monoisotopic (exact) mass is 475 g/mol. The van der Waals surface area contributed by atoms with E-state index in [2.05, 4.69) is 12.1 Å². The van der Waals surface area contributed by atoms with Crippen LogP contribution in [0.3, 0.4) is 0 Å². The van der Waals surface area contributed by atoms with Crippen molar-refractivity contribution in [2.24, 2.45) is 0 Å². The quantitative estimate of drug-likeness (QED) is 0.434. The summed E-state index contributed by atoms with van der Waals surface area (Å²) in [6.45, 7) is 9.67. The number of aromatic nitrogens is 1. The van der Waals surface area contributed by atoms with Gasteiger partial charge in [-0.05, 0) is 82.3 Å². The summed E-state index contributed by atoms with van der Waals surface area (Å²) in [5.74, 6) is 0.583. The molecule has 4 rings (SSSR count). The predicted octanol–water partition coefficient (Wildman–Crippen LogP) is 6.90. The number of carboxylic acid groups (broad SMARTS) is 1. The van der Waals surface area contributed by atoms with E-state index < -0.39 is 11.6 Å². The number of fused-ring (bicyclic) bond motifs is 1. The maximum atomic E-state index is 12.1. The third-order valence-corrected chi connectivity index (χ3v) is 7.04. The Hall–Kier alpha value is -3.37. The molecular weight excluding hydrogens is 446 g/mol. The van der Waals surface area contributed by atoms with Gasteiger partial charge >= 0.3 is 6.09 Å². The summed E-state index contributed by atoms with van der Waals surface area (Å²) in [4.78, 5) is 19.3. The zero-order chi connectivity index (χ0) is 24.6. The second-order valence-electron chi connectivity index (χ2n) is 9.77. The molecule has 176 valence electrons. The number of hydrogen-bond donors (Lipinski definition) is 1. The highest BCUT2D eigenvalue weighted by Crippen LogP contribution is 2.44. The van der Waals surface area contributed by atoms with Crippen LogP contribution in [0.25, 0.3) is 21.0 Å². The Balaban J connectivity index is 1.68. The van der Waals surface area contributed by atoms with Gasteiger partial charge in [-0.25, -0.2) is 9.78 Å². The van der Waals surface area contributed by atoms with Crippen molar-refractivity contribution in [1.82, 2.24) is 9.88 Å². The molecule has 1 aromatic heterocycles. The van der Waals surface area contributed by atoms with E-state index in [1.54, 1.807) is 16.2 Å². The van der Waals surface area contributed by atoms with Crippen LogP contribution in [-0.2, 0) is 6.42 Å². The maximum absolute atomic E-state index is 12.1. The molecule has 7 heteroatoms. The Labute approximate surface area is 204 Å². The number of thiazole rings is 1. The van der Waals surface area contributed by atoms with Crippen LogP contribution in [-0.4, -0.2) is 32.7 Å². The van der Waals surface area contributed by atoms with Crippen LogP contribution in [0.1, 0.15) is 63.8 Å². The topological polar surface area (TPSA) is 86.4 Å². The summed E-state index contributed by atoms with van der Waals surface area (Å²) >= 11 is 1.57. The van der Waals surface area contributed by atoms with Gasteiger partial charge in [0.15, 0.2) is 0 Å². The summed E-state index contributed by atoms with van der Waals surface area (Å²) in [7, 11) is 0. The van der Waals surface area contributed by atoms with Crippen molar-refractivity contribution < 1.29 is 14.6 Å². The van der Waals surface area contributed by atoms with Crippen LogP contribution >= 0.6 is 11.3 Å². The number of benzene rings is 2. The first kappa shape index (κ1) is 23.8. The molecule has 1 atom stereocenters.